The average molecular weight is 480 g/mol. The Morgan fingerprint density at radius 2 is 1.93 bits per heavy atom. The minimum absolute atomic E-state index is 0.0525. The molecule has 0 aliphatic rings. The lowest BCUT2D eigenvalue weighted by molar-refractivity contribution is 0.189. The summed E-state index contributed by atoms with van der Waals surface area (Å²) in [6, 6.07) is 10.9. The van der Waals surface area contributed by atoms with Crippen LogP contribution in [0.25, 0.3) is 0 Å². The van der Waals surface area contributed by atoms with Crippen LogP contribution in [0.5, 0.6) is 17.2 Å². The van der Waals surface area contributed by atoms with E-state index in [1.165, 1.54) is 17.8 Å². The molecule has 0 saturated carbocycles. The summed E-state index contributed by atoms with van der Waals surface area (Å²) in [5.41, 5.74) is 1.37. The summed E-state index contributed by atoms with van der Waals surface area (Å²) in [5.74, 6) is 1.02. The molecule has 0 amide bonds. The van der Waals surface area contributed by atoms with Crippen molar-refractivity contribution in [3.05, 3.63) is 79.4 Å². The predicted octanol–water partition coefficient (Wildman–Crippen LogP) is 4.87. The van der Waals surface area contributed by atoms with Gasteiger partial charge in [0.15, 0.2) is 0 Å². The van der Waals surface area contributed by atoms with Gasteiger partial charge < -0.3 is 14.6 Å². The summed E-state index contributed by atoms with van der Waals surface area (Å²) < 4.78 is 13.3. The van der Waals surface area contributed by atoms with E-state index in [1.807, 2.05) is 37.3 Å². The van der Waals surface area contributed by atoms with E-state index in [2.05, 4.69) is 20.9 Å². The molecule has 1 atom stereocenters. The zero-order chi connectivity index (χ0) is 21.1. The number of rotatable bonds is 6. The highest BCUT2D eigenvalue weighted by Gasteiger charge is 2.20. The van der Waals surface area contributed by atoms with Crippen molar-refractivity contribution in [2.24, 2.45) is 0 Å². The fourth-order valence-corrected chi connectivity index (χ4v) is 3.85. The summed E-state index contributed by atoms with van der Waals surface area (Å²) in [4.78, 5) is 17.4. The SMILES string of the molecule is COc1ccc(Cn2cnc(C(C)O)c(Oc3c(C)cc(Br)cc3Cl)c2=O)cc1. The van der Waals surface area contributed by atoms with Crippen LogP contribution in [-0.2, 0) is 6.54 Å². The highest BCUT2D eigenvalue weighted by molar-refractivity contribution is 9.10. The van der Waals surface area contributed by atoms with Crippen LogP contribution in [0.15, 0.2) is 52.0 Å². The second kappa shape index (κ2) is 8.98. The van der Waals surface area contributed by atoms with Gasteiger partial charge in [0.2, 0.25) is 5.75 Å². The first-order valence-electron chi connectivity index (χ1n) is 8.84. The van der Waals surface area contributed by atoms with E-state index in [-0.39, 0.29) is 11.4 Å². The van der Waals surface area contributed by atoms with Crippen LogP contribution in [0.2, 0.25) is 5.02 Å². The summed E-state index contributed by atoms with van der Waals surface area (Å²) in [6.45, 7) is 3.64. The largest absolute Gasteiger partial charge is 0.497 e. The number of aryl methyl sites for hydroxylation is 1. The fourth-order valence-electron chi connectivity index (χ4n) is 2.84. The Morgan fingerprint density at radius 3 is 2.52 bits per heavy atom. The standard InChI is InChI=1S/C21H20BrClN2O4/c1-12-8-15(22)9-17(23)19(12)29-20-18(13(2)26)24-11-25(21(20)27)10-14-4-6-16(28-3)7-5-14/h4-9,11,13,26H,10H2,1-3H3. The van der Waals surface area contributed by atoms with E-state index in [0.717, 1.165) is 21.3 Å². The predicted molar refractivity (Wildman–Crippen MR) is 115 cm³/mol. The van der Waals surface area contributed by atoms with Gasteiger partial charge in [0, 0.05) is 4.47 Å². The van der Waals surface area contributed by atoms with E-state index in [0.29, 0.717) is 17.3 Å². The molecule has 0 saturated heterocycles. The van der Waals surface area contributed by atoms with E-state index in [9.17, 15) is 9.90 Å². The van der Waals surface area contributed by atoms with Crippen molar-refractivity contribution in [3.63, 3.8) is 0 Å². The lowest BCUT2D eigenvalue weighted by atomic mass is 10.2. The Balaban J connectivity index is 2.03. The van der Waals surface area contributed by atoms with Gasteiger partial charge >= 0.3 is 0 Å². The zero-order valence-corrected chi connectivity index (χ0v) is 18.5. The average Bonchev–Trinajstić information content (AvgIpc) is 2.67. The monoisotopic (exact) mass is 478 g/mol. The van der Waals surface area contributed by atoms with Gasteiger partial charge in [0.25, 0.3) is 5.56 Å². The number of ether oxygens (including phenoxy) is 2. The Bertz CT molecular complexity index is 1060. The van der Waals surface area contributed by atoms with Crippen molar-refractivity contribution >= 4 is 27.5 Å². The molecule has 0 aliphatic heterocycles. The molecular formula is C21H20BrClN2O4. The van der Waals surface area contributed by atoms with Crippen LogP contribution in [0, 0.1) is 6.92 Å². The van der Waals surface area contributed by atoms with E-state index in [4.69, 9.17) is 21.1 Å². The van der Waals surface area contributed by atoms with Crippen LogP contribution in [0.4, 0.5) is 0 Å². The third-order valence-corrected chi connectivity index (χ3v) is 5.07. The molecule has 0 bridgehead atoms. The van der Waals surface area contributed by atoms with Crippen LogP contribution in [-0.4, -0.2) is 21.8 Å². The summed E-state index contributed by atoms with van der Waals surface area (Å²) in [6.07, 6.45) is 0.417. The summed E-state index contributed by atoms with van der Waals surface area (Å²) >= 11 is 9.68. The highest BCUT2D eigenvalue weighted by Crippen LogP contribution is 2.36. The van der Waals surface area contributed by atoms with Crippen molar-refractivity contribution in [1.82, 2.24) is 9.55 Å². The number of halogens is 2. The molecule has 0 spiro atoms. The maximum atomic E-state index is 13.1. The first kappa shape index (κ1) is 21.4. The molecule has 3 aromatic rings. The third kappa shape index (κ3) is 4.80. The molecule has 1 aromatic heterocycles. The third-order valence-electron chi connectivity index (χ3n) is 4.33. The molecular weight excluding hydrogens is 460 g/mol. The lowest BCUT2D eigenvalue weighted by Crippen LogP contribution is -2.24. The van der Waals surface area contributed by atoms with Gasteiger partial charge in [-0.3, -0.25) is 9.36 Å². The second-order valence-corrected chi connectivity index (χ2v) is 7.87. The Morgan fingerprint density at radius 1 is 1.24 bits per heavy atom. The Labute approximate surface area is 181 Å². The van der Waals surface area contributed by atoms with Gasteiger partial charge in [-0.05, 0) is 49.2 Å². The molecule has 29 heavy (non-hydrogen) atoms. The number of hydrogen-bond donors (Lipinski definition) is 1. The molecule has 0 radical (unpaired) electrons. The quantitative estimate of drug-likeness (QED) is 0.546. The molecule has 2 aromatic carbocycles. The van der Waals surface area contributed by atoms with Crippen LogP contribution in [0.1, 0.15) is 29.8 Å². The van der Waals surface area contributed by atoms with Crippen molar-refractivity contribution in [2.75, 3.05) is 7.11 Å². The van der Waals surface area contributed by atoms with Gasteiger partial charge in [0.05, 0.1) is 31.1 Å². The number of methoxy groups -OCH3 is 1. The van der Waals surface area contributed by atoms with Crippen LogP contribution < -0.4 is 15.0 Å². The fraction of sp³-hybridized carbons (Fsp3) is 0.238. The lowest BCUT2D eigenvalue weighted by Gasteiger charge is -2.16. The van der Waals surface area contributed by atoms with Crippen molar-refractivity contribution in [3.8, 4) is 17.2 Å². The number of hydrogen-bond acceptors (Lipinski definition) is 5. The van der Waals surface area contributed by atoms with Crippen LogP contribution in [0.3, 0.4) is 0 Å². The zero-order valence-electron chi connectivity index (χ0n) is 16.1. The minimum atomic E-state index is -0.983. The van der Waals surface area contributed by atoms with Gasteiger partial charge in [-0.1, -0.05) is 39.7 Å². The summed E-state index contributed by atoms with van der Waals surface area (Å²) in [7, 11) is 1.59. The van der Waals surface area contributed by atoms with Gasteiger partial charge in [-0.2, -0.15) is 0 Å². The van der Waals surface area contributed by atoms with E-state index in [1.54, 1.807) is 13.2 Å². The number of aliphatic hydroxyl groups excluding tert-OH is 1. The minimum Gasteiger partial charge on any atom is -0.497 e. The van der Waals surface area contributed by atoms with Crippen LogP contribution >= 0.6 is 27.5 Å². The van der Waals surface area contributed by atoms with Gasteiger partial charge in [0.1, 0.15) is 17.2 Å². The topological polar surface area (TPSA) is 73.6 Å². The molecule has 8 heteroatoms. The maximum Gasteiger partial charge on any atom is 0.297 e. The van der Waals surface area contributed by atoms with E-state index >= 15 is 0 Å². The molecule has 1 N–H and O–H groups in total. The van der Waals surface area contributed by atoms with Crippen molar-refractivity contribution in [2.45, 2.75) is 26.5 Å². The molecule has 1 heterocycles. The maximum absolute atomic E-state index is 13.1. The van der Waals surface area contributed by atoms with Crippen molar-refractivity contribution in [1.29, 1.82) is 0 Å². The van der Waals surface area contributed by atoms with Gasteiger partial charge in [-0.25, -0.2) is 4.98 Å². The number of aliphatic hydroxyl groups is 1. The Kier molecular flexibility index (Phi) is 6.62. The second-order valence-electron chi connectivity index (χ2n) is 6.55. The molecule has 1 unspecified atom stereocenters. The number of benzene rings is 2. The molecule has 3 rings (SSSR count). The first-order chi connectivity index (χ1) is 13.8. The normalized spacial score (nSPS) is 11.9. The van der Waals surface area contributed by atoms with Gasteiger partial charge in [-0.15, -0.1) is 0 Å². The van der Waals surface area contributed by atoms with Crippen molar-refractivity contribution < 1.29 is 14.6 Å². The molecule has 152 valence electrons. The molecule has 0 fully saturated rings. The van der Waals surface area contributed by atoms with E-state index < -0.39 is 11.7 Å². The number of nitrogens with zero attached hydrogens (tertiary/aromatic N) is 2. The molecule has 6 nitrogen and oxygen atoms in total. The molecule has 0 aliphatic carbocycles. The number of aromatic nitrogens is 2. The smallest absolute Gasteiger partial charge is 0.297 e. The first-order valence-corrected chi connectivity index (χ1v) is 10.0. The summed E-state index contributed by atoms with van der Waals surface area (Å²) in [5, 5.41) is 10.4. The highest BCUT2D eigenvalue weighted by atomic mass is 79.9. The Hall–Kier alpha value is -2.35.